The quantitative estimate of drug-likeness (QED) is 0.870. The lowest BCUT2D eigenvalue weighted by atomic mass is 10.0. The Hall–Kier alpha value is -2.08. The smallest absolute Gasteiger partial charge is 0.265 e. The van der Waals surface area contributed by atoms with Crippen molar-refractivity contribution in [1.29, 1.82) is 0 Å². The molecule has 1 atom stereocenters. The first kappa shape index (κ1) is 14.8. The molecule has 1 aliphatic heterocycles. The second kappa shape index (κ2) is 5.61. The zero-order valence-electron chi connectivity index (χ0n) is 12.6. The van der Waals surface area contributed by atoms with Crippen LogP contribution in [0, 0.1) is 0 Å². The average molecular weight is 318 g/mol. The first-order valence-electron chi connectivity index (χ1n) is 7.24. The lowest BCUT2D eigenvalue weighted by molar-refractivity contribution is 0.326. The van der Waals surface area contributed by atoms with Gasteiger partial charge in [0, 0.05) is 18.5 Å². The Morgan fingerprint density at radius 1 is 1.27 bits per heavy atom. The van der Waals surface area contributed by atoms with Gasteiger partial charge in [0.25, 0.3) is 10.0 Å². The summed E-state index contributed by atoms with van der Waals surface area (Å²) >= 11 is 0. The van der Waals surface area contributed by atoms with E-state index in [4.69, 9.17) is 4.74 Å². The molecular weight excluding hydrogens is 300 g/mol. The van der Waals surface area contributed by atoms with Crippen LogP contribution in [0.4, 0.5) is 5.69 Å². The predicted molar refractivity (Wildman–Crippen MR) is 84.8 cm³/mol. The fourth-order valence-electron chi connectivity index (χ4n) is 2.68. The van der Waals surface area contributed by atoms with Gasteiger partial charge in [0.1, 0.15) is 4.90 Å². The van der Waals surface area contributed by atoms with Crippen LogP contribution in [-0.2, 0) is 10.0 Å². The molecule has 1 aliphatic rings. The van der Waals surface area contributed by atoms with E-state index in [0.717, 1.165) is 11.3 Å². The minimum atomic E-state index is -3.60. The molecule has 0 bridgehead atoms. The molecule has 0 radical (unpaired) electrons. The molecule has 1 aromatic carbocycles. The molecule has 6 heteroatoms. The highest BCUT2D eigenvalue weighted by Gasteiger charge is 2.34. The van der Waals surface area contributed by atoms with Crippen LogP contribution >= 0.6 is 0 Å². The van der Waals surface area contributed by atoms with Gasteiger partial charge in [-0.15, -0.1) is 0 Å². The van der Waals surface area contributed by atoms with Crippen molar-refractivity contribution >= 4 is 15.7 Å². The van der Waals surface area contributed by atoms with Gasteiger partial charge in [-0.25, -0.2) is 13.4 Å². The number of benzene rings is 1. The van der Waals surface area contributed by atoms with Gasteiger partial charge >= 0.3 is 0 Å². The standard InChI is InChI=1S/C16H18N2O3S/c1-3-21-16-9-8-13(10-17-16)22(19,20)18-11-12(2)14-6-4-5-7-15(14)18/h4-10,12H,3,11H2,1-2H3. The number of rotatable bonds is 4. The third-order valence-electron chi connectivity index (χ3n) is 3.77. The number of anilines is 1. The van der Waals surface area contributed by atoms with Crippen LogP contribution in [-0.4, -0.2) is 26.6 Å². The van der Waals surface area contributed by atoms with Crippen molar-refractivity contribution in [2.75, 3.05) is 17.5 Å². The van der Waals surface area contributed by atoms with E-state index < -0.39 is 10.0 Å². The molecule has 0 amide bonds. The minimum absolute atomic E-state index is 0.180. The van der Waals surface area contributed by atoms with Crippen molar-refractivity contribution in [1.82, 2.24) is 4.98 Å². The van der Waals surface area contributed by atoms with Gasteiger partial charge in [0.15, 0.2) is 0 Å². The van der Waals surface area contributed by atoms with Crippen LogP contribution in [0.5, 0.6) is 5.88 Å². The molecule has 0 saturated carbocycles. The minimum Gasteiger partial charge on any atom is -0.478 e. The lowest BCUT2D eigenvalue weighted by Gasteiger charge is -2.19. The highest BCUT2D eigenvalue weighted by molar-refractivity contribution is 7.92. The van der Waals surface area contributed by atoms with Crippen molar-refractivity contribution in [3.63, 3.8) is 0 Å². The number of ether oxygens (including phenoxy) is 1. The molecule has 2 heterocycles. The van der Waals surface area contributed by atoms with Gasteiger partial charge in [-0.2, -0.15) is 0 Å². The molecule has 116 valence electrons. The maximum atomic E-state index is 12.9. The SMILES string of the molecule is CCOc1ccc(S(=O)(=O)N2CC(C)c3ccccc32)cn1. The van der Waals surface area contributed by atoms with Crippen LogP contribution in [0.2, 0.25) is 0 Å². The summed E-state index contributed by atoms with van der Waals surface area (Å²) in [7, 11) is -3.60. The normalized spacial score (nSPS) is 17.4. The maximum absolute atomic E-state index is 12.9. The van der Waals surface area contributed by atoms with Crippen molar-refractivity contribution in [3.05, 3.63) is 48.2 Å². The predicted octanol–water partition coefficient (Wildman–Crippen LogP) is 2.79. The summed E-state index contributed by atoms with van der Waals surface area (Å²) in [5.74, 6) is 0.610. The van der Waals surface area contributed by atoms with Crippen molar-refractivity contribution in [2.24, 2.45) is 0 Å². The van der Waals surface area contributed by atoms with Crippen LogP contribution in [0.3, 0.4) is 0 Å². The average Bonchev–Trinajstić information content (AvgIpc) is 2.87. The van der Waals surface area contributed by atoms with E-state index in [-0.39, 0.29) is 10.8 Å². The van der Waals surface area contributed by atoms with Crippen LogP contribution in [0.15, 0.2) is 47.5 Å². The second-order valence-electron chi connectivity index (χ2n) is 5.26. The number of sulfonamides is 1. The molecule has 3 rings (SSSR count). The lowest BCUT2D eigenvalue weighted by Crippen LogP contribution is -2.29. The summed E-state index contributed by atoms with van der Waals surface area (Å²) in [6.45, 7) is 4.84. The Balaban J connectivity index is 1.97. The van der Waals surface area contributed by atoms with E-state index >= 15 is 0 Å². The zero-order valence-corrected chi connectivity index (χ0v) is 13.4. The second-order valence-corrected chi connectivity index (χ2v) is 7.12. The fourth-order valence-corrected chi connectivity index (χ4v) is 4.21. The summed E-state index contributed by atoms with van der Waals surface area (Å²) in [6, 6.07) is 10.7. The fraction of sp³-hybridized carbons (Fsp3) is 0.312. The number of nitrogens with zero attached hydrogens (tertiary/aromatic N) is 2. The van der Waals surface area contributed by atoms with E-state index in [1.807, 2.05) is 38.1 Å². The monoisotopic (exact) mass is 318 g/mol. The third kappa shape index (κ3) is 2.43. The zero-order chi connectivity index (χ0) is 15.7. The van der Waals surface area contributed by atoms with E-state index in [0.29, 0.717) is 19.0 Å². The topological polar surface area (TPSA) is 59.5 Å². The Morgan fingerprint density at radius 2 is 2.05 bits per heavy atom. The Kier molecular flexibility index (Phi) is 3.78. The molecule has 5 nitrogen and oxygen atoms in total. The number of para-hydroxylation sites is 1. The number of hydrogen-bond donors (Lipinski definition) is 0. The van der Waals surface area contributed by atoms with E-state index in [9.17, 15) is 8.42 Å². The van der Waals surface area contributed by atoms with Gasteiger partial charge in [-0.3, -0.25) is 4.31 Å². The van der Waals surface area contributed by atoms with Crippen LogP contribution < -0.4 is 9.04 Å². The van der Waals surface area contributed by atoms with Crippen LogP contribution in [0.25, 0.3) is 0 Å². The molecule has 0 spiro atoms. The van der Waals surface area contributed by atoms with Gasteiger partial charge < -0.3 is 4.74 Å². The summed E-state index contributed by atoms with van der Waals surface area (Å²) in [4.78, 5) is 4.23. The van der Waals surface area contributed by atoms with Crippen LogP contribution in [0.1, 0.15) is 25.3 Å². The first-order chi connectivity index (χ1) is 10.5. The van der Waals surface area contributed by atoms with Crippen molar-refractivity contribution < 1.29 is 13.2 Å². The van der Waals surface area contributed by atoms with E-state index in [1.54, 1.807) is 12.1 Å². The van der Waals surface area contributed by atoms with Gasteiger partial charge in [0.05, 0.1) is 18.5 Å². The summed E-state index contributed by atoms with van der Waals surface area (Å²) in [6.07, 6.45) is 1.35. The summed E-state index contributed by atoms with van der Waals surface area (Å²) in [5.41, 5.74) is 1.81. The van der Waals surface area contributed by atoms with Gasteiger partial charge in [0.2, 0.25) is 5.88 Å². The Labute approximate surface area is 130 Å². The van der Waals surface area contributed by atoms with Crippen molar-refractivity contribution in [3.8, 4) is 5.88 Å². The molecule has 0 saturated heterocycles. The number of aromatic nitrogens is 1. The van der Waals surface area contributed by atoms with E-state index in [1.165, 1.54) is 10.5 Å². The summed E-state index contributed by atoms with van der Waals surface area (Å²) < 4.78 is 32.4. The highest BCUT2D eigenvalue weighted by Crippen LogP contribution is 2.38. The van der Waals surface area contributed by atoms with Gasteiger partial charge in [-0.1, -0.05) is 25.1 Å². The van der Waals surface area contributed by atoms with Crippen molar-refractivity contribution in [2.45, 2.75) is 24.7 Å². The molecule has 1 aromatic heterocycles. The highest BCUT2D eigenvalue weighted by atomic mass is 32.2. The molecule has 22 heavy (non-hydrogen) atoms. The molecule has 0 fully saturated rings. The first-order valence-corrected chi connectivity index (χ1v) is 8.68. The Morgan fingerprint density at radius 3 is 2.73 bits per heavy atom. The summed E-state index contributed by atoms with van der Waals surface area (Å²) in [5, 5.41) is 0. The molecule has 2 aromatic rings. The number of pyridine rings is 1. The van der Waals surface area contributed by atoms with E-state index in [2.05, 4.69) is 4.98 Å². The maximum Gasteiger partial charge on any atom is 0.265 e. The Bertz CT molecular complexity index is 772. The van der Waals surface area contributed by atoms with Gasteiger partial charge in [-0.05, 0) is 24.6 Å². The molecule has 0 N–H and O–H groups in total. The molecule has 0 aliphatic carbocycles. The number of hydrogen-bond acceptors (Lipinski definition) is 4. The third-order valence-corrected chi connectivity index (χ3v) is 5.53. The number of fused-ring (bicyclic) bond motifs is 1. The molecule has 1 unspecified atom stereocenters. The largest absolute Gasteiger partial charge is 0.478 e. The molecular formula is C16H18N2O3S.